The number of hydrogen-bond donors (Lipinski definition) is 1. The second-order valence-electron chi connectivity index (χ2n) is 4.97. The van der Waals surface area contributed by atoms with Crippen LogP contribution in [-0.4, -0.2) is 55.8 Å². The van der Waals surface area contributed by atoms with E-state index in [1.807, 2.05) is 31.2 Å². The average Bonchev–Trinajstić information content (AvgIpc) is 2.38. The Morgan fingerprint density at radius 2 is 1.80 bits per heavy atom. The van der Waals surface area contributed by atoms with Gasteiger partial charge in [0.15, 0.2) is 0 Å². The van der Waals surface area contributed by atoms with E-state index in [1.54, 1.807) is 37.9 Å². The minimum atomic E-state index is -0.734. The molecule has 0 fully saturated rings. The second-order valence-corrected chi connectivity index (χ2v) is 4.97. The predicted molar refractivity (Wildman–Crippen MR) is 80.2 cm³/mol. The van der Waals surface area contributed by atoms with Gasteiger partial charge in [-0.1, -0.05) is 0 Å². The molecule has 0 saturated carbocycles. The Bertz CT molecular complexity index is 421. The first-order chi connectivity index (χ1) is 9.38. The molecule has 0 aliphatic heterocycles. The predicted octanol–water partition coefficient (Wildman–Crippen LogP) is 1.36. The lowest BCUT2D eigenvalue weighted by atomic mass is 10.1. The summed E-state index contributed by atoms with van der Waals surface area (Å²) < 4.78 is 5.37. The maximum Gasteiger partial charge on any atom is 0.246 e. The van der Waals surface area contributed by atoms with Gasteiger partial charge in [-0.2, -0.15) is 0 Å². The fraction of sp³-hybridized carbons (Fsp3) is 0.533. The maximum atomic E-state index is 12.4. The lowest BCUT2D eigenvalue weighted by Crippen LogP contribution is -2.50. The lowest BCUT2D eigenvalue weighted by molar-refractivity contribution is -0.125. The normalized spacial score (nSPS) is 13.9. The van der Waals surface area contributed by atoms with Crippen LogP contribution in [0.4, 0.5) is 5.69 Å². The molecule has 5 heteroatoms. The molecule has 20 heavy (non-hydrogen) atoms. The largest absolute Gasteiger partial charge is 0.494 e. The Kier molecular flexibility index (Phi) is 5.98. The van der Waals surface area contributed by atoms with Gasteiger partial charge in [0.2, 0.25) is 5.91 Å². The van der Waals surface area contributed by atoms with Crippen molar-refractivity contribution in [1.29, 1.82) is 0 Å². The molecule has 0 saturated heterocycles. The van der Waals surface area contributed by atoms with Crippen LogP contribution in [-0.2, 0) is 4.79 Å². The van der Waals surface area contributed by atoms with Gasteiger partial charge in [0.05, 0.1) is 12.7 Å². The molecule has 0 radical (unpaired) electrons. The quantitative estimate of drug-likeness (QED) is 0.855. The van der Waals surface area contributed by atoms with Crippen molar-refractivity contribution in [2.45, 2.75) is 26.0 Å². The first kappa shape index (κ1) is 16.5. The van der Waals surface area contributed by atoms with Gasteiger partial charge >= 0.3 is 0 Å². The van der Waals surface area contributed by atoms with Crippen LogP contribution in [0.5, 0.6) is 5.75 Å². The van der Waals surface area contributed by atoms with Crippen molar-refractivity contribution in [1.82, 2.24) is 4.90 Å². The Morgan fingerprint density at radius 3 is 2.20 bits per heavy atom. The number of aliphatic hydroxyl groups excluding tert-OH is 1. The molecule has 0 bridgehead atoms. The van der Waals surface area contributed by atoms with Crippen LogP contribution >= 0.6 is 0 Å². The fourth-order valence-corrected chi connectivity index (χ4v) is 2.12. The molecule has 0 unspecified atom stereocenters. The van der Waals surface area contributed by atoms with Crippen LogP contribution < -0.4 is 9.64 Å². The summed E-state index contributed by atoms with van der Waals surface area (Å²) in [6.45, 7) is 4.15. The highest BCUT2D eigenvalue weighted by Gasteiger charge is 2.29. The first-order valence-electron chi connectivity index (χ1n) is 6.73. The summed E-state index contributed by atoms with van der Waals surface area (Å²) in [6.07, 6.45) is -0.734. The Labute approximate surface area is 120 Å². The van der Waals surface area contributed by atoms with Crippen molar-refractivity contribution in [3.8, 4) is 5.75 Å². The smallest absolute Gasteiger partial charge is 0.246 e. The van der Waals surface area contributed by atoms with Crippen molar-refractivity contribution in [3.63, 3.8) is 0 Å². The van der Waals surface area contributed by atoms with E-state index in [4.69, 9.17) is 4.74 Å². The van der Waals surface area contributed by atoms with Gasteiger partial charge in [0.25, 0.3) is 0 Å². The molecular weight excluding hydrogens is 256 g/mol. The third-order valence-corrected chi connectivity index (χ3v) is 3.13. The van der Waals surface area contributed by atoms with E-state index in [0.717, 1.165) is 11.4 Å². The summed E-state index contributed by atoms with van der Waals surface area (Å²) in [5, 5.41) is 9.75. The average molecular weight is 280 g/mol. The van der Waals surface area contributed by atoms with Crippen molar-refractivity contribution < 1.29 is 14.6 Å². The molecule has 0 aromatic heterocycles. The number of anilines is 1. The minimum Gasteiger partial charge on any atom is -0.494 e. The molecule has 0 heterocycles. The molecule has 0 aliphatic rings. The second kappa shape index (κ2) is 7.26. The summed E-state index contributed by atoms with van der Waals surface area (Å²) in [5.41, 5.74) is 0.769. The standard InChI is InChI=1S/C15H24N2O3/c1-6-20-13-9-7-12(8-10-13)17(5)15(19)14(11(2)18)16(3)4/h7-11,14,18H,6H2,1-5H3/t11-,14-/m1/s1. The Hall–Kier alpha value is -1.59. The van der Waals surface area contributed by atoms with Crippen LogP contribution in [0, 0.1) is 0 Å². The van der Waals surface area contributed by atoms with Crippen molar-refractivity contribution in [3.05, 3.63) is 24.3 Å². The lowest BCUT2D eigenvalue weighted by Gasteiger charge is -2.30. The SMILES string of the molecule is CCOc1ccc(N(C)C(=O)[C@@H]([C@@H](C)O)N(C)C)cc1. The molecule has 1 rings (SSSR count). The van der Waals surface area contributed by atoms with Crippen LogP contribution in [0.15, 0.2) is 24.3 Å². The molecule has 5 nitrogen and oxygen atoms in total. The van der Waals surface area contributed by atoms with E-state index in [1.165, 1.54) is 0 Å². The van der Waals surface area contributed by atoms with Crippen LogP contribution in [0.25, 0.3) is 0 Å². The third kappa shape index (κ3) is 3.95. The number of benzene rings is 1. The molecule has 1 amide bonds. The first-order valence-corrected chi connectivity index (χ1v) is 6.73. The van der Waals surface area contributed by atoms with E-state index in [0.29, 0.717) is 6.61 Å². The van der Waals surface area contributed by atoms with Crippen LogP contribution in [0.3, 0.4) is 0 Å². The molecule has 2 atom stereocenters. The van der Waals surface area contributed by atoms with Gasteiger partial charge in [-0.25, -0.2) is 0 Å². The highest BCUT2D eigenvalue weighted by atomic mass is 16.5. The van der Waals surface area contributed by atoms with E-state index >= 15 is 0 Å². The zero-order chi connectivity index (χ0) is 15.3. The van der Waals surface area contributed by atoms with E-state index in [2.05, 4.69) is 0 Å². The van der Waals surface area contributed by atoms with Crippen molar-refractivity contribution >= 4 is 11.6 Å². The molecular formula is C15H24N2O3. The summed E-state index contributed by atoms with van der Waals surface area (Å²) in [7, 11) is 5.26. The topological polar surface area (TPSA) is 53.0 Å². The maximum absolute atomic E-state index is 12.4. The number of carbonyl (C=O) groups excluding carboxylic acids is 1. The summed E-state index contributed by atoms with van der Waals surface area (Å²) in [6, 6.07) is 6.76. The van der Waals surface area contributed by atoms with Gasteiger partial charge in [0, 0.05) is 12.7 Å². The number of aliphatic hydroxyl groups is 1. The summed E-state index contributed by atoms with van der Waals surface area (Å²) >= 11 is 0. The minimum absolute atomic E-state index is 0.144. The van der Waals surface area contributed by atoms with Crippen molar-refractivity contribution in [2.75, 3.05) is 32.6 Å². The van der Waals surface area contributed by atoms with E-state index in [9.17, 15) is 9.90 Å². The number of rotatable bonds is 6. The molecule has 112 valence electrons. The molecule has 1 N–H and O–H groups in total. The van der Waals surface area contributed by atoms with Crippen LogP contribution in [0.2, 0.25) is 0 Å². The molecule has 1 aromatic carbocycles. The van der Waals surface area contributed by atoms with Gasteiger partial charge in [0.1, 0.15) is 11.8 Å². The van der Waals surface area contributed by atoms with Crippen molar-refractivity contribution in [2.24, 2.45) is 0 Å². The number of hydrogen-bond acceptors (Lipinski definition) is 4. The number of likely N-dealkylation sites (N-methyl/N-ethyl adjacent to an activating group) is 2. The number of ether oxygens (including phenoxy) is 1. The number of carbonyl (C=O) groups is 1. The Morgan fingerprint density at radius 1 is 1.25 bits per heavy atom. The zero-order valence-electron chi connectivity index (χ0n) is 12.8. The molecule has 1 aromatic rings. The van der Waals surface area contributed by atoms with E-state index in [-0.39, 0.29) is 5.91 Å². The fourth-order valence-electron chi connectivity index (χ4n) is 2.12. The van der Waals surface area contributed by atoms with Gasteiger partial charge in [-0.3, -0.25) is 9.69 Å². The van der Waals surface area contributed by atoms with Gasteiger partial charge in [-0.05, 0) is 52.2 Å². The summed E-state index contributed by atoms with van der Waals surface area (Å²) in [5.74, 6) is 0.631. The van der Waals surface area contributed by atoms with Gasteiger partial charge < -0.3 is 14.7 Å². The summed E-state index contributed by atoms with van der Waals surface area (Å²) in [4.78, 5) is 15.7. The highest BCUT2D eigenvalue weighted by Crippen LogP contribution is 2.20. The number of nitrogens with zero attached hydrogens (tertiary/aromatic N) is 2. The van der Waals surface area contributed by atoms with E-state index < -0.39 is 12.1 Å². The highest BCUT2D eigenvalue weighted by molar-refractivity contribution is 5.97. The Balaban J connectivity index is 2.87. The van der Waals surface area contributed by atoms with Crippen LogP contribution in [0.1, 0.15) is 13.8 Å². The molecule has 0 spiro atoms. The number of amides is 1. The molecule has 0 aliphatic carbocycles. The third-order valence-electron chi connectivity index (χ3n) is 3.13. The zero-order valence-corrected chi connectivity index (χ0v) is 12.8. The van der Waals surface area contributed by atoms with Gasteiger partial charge in [-0.15, -0.1) is 0 Å². The monoisotopic (exact) mass is 280 g/mol.